The van der Waals surface area contributed by atoms with Gasteiger partial charge in [0.2, 0.25) is 17.8 Å². The van der Waals surface area contributed by atoms with Crippen LogP contribution < -0.4 is 15.5 Å². The summed E-state index contributed by atoms with van der Waals surface area (Å²) in [7, 11) is 2.15. The van der Waals surface area contributed by atoms with Gasteiger partial charge in [-0.05, 0) is 82.5 Å². The molecule has 1 atom stereocenters. The number of halogens is 2. The minimum Gasteiger partial charge on any atom is -0.370 e. The quantitative estimate of drug-likeness (QED) is 0.169. The number of imide groups is 1. The van der Waals surface area contributed by atoms with E-state index in [2.05, 4.69) is 59.5 Å². The first-order chi connectivity index (χ1) is 24.5. The molecule has 2 N–H and O–H groups in total. The lowest BCUT2D eigenvalue weighted by Gasteiger charge is -2.37. The molecular weight excluding hydrogens is 652 g/mol. The van der Waals surface area contributed by atoms with E-state index in [4.69, 9.17) is 0 Å². The summed E-state index contributed by atoms with van der Waals surface area (Å²) in [6, 6.07) is 15.4. The number of piperidine rings is 2. The maximum absolute atomic E-state index is 15.1. The van der Waals surface area contributed by atoms with Crippen LogP contribution >= 0.6 is 0 Å². The molecule has 5 heterocycles. The summed E-state index contributed by atoms with van der Waals surface area (Å²) >= 11 is 0. The fraction of sp³-hybridized carbons (Fsp3) is 0.368. The zero-order valence-electron chi connectivity index (χ0n) is 29.2. The van der Waals surface area contributed by atoms with Crippen molar-refractivity contribution >= 4 is 40.3 Å². The van der Waals surface area contributed by atoms with Crippen molar-refractivity contribution < 1.29 is 18.4 Å². The number of nitrogens with zero attached hydrogens (tertiary/aromatic N) is 7. The van der Waals surface area contributed by atoms with Crippen LogP contribution in [0.25, 0.3) is 22.3 Å². The lowest BCUT2D eigenvalue weighted by Crippen LogP contribution is -2.43. The second-order valence-electron chi connectivity index (χ2n) is 13.7. The topological polar surface area (TPSA) is 121 Å². The summed E-state index contributed by atoms with van der Waals surface area (Å²) in [5.41, 5.74) is 4.24. The third-order valence-electron chi connectivity index (χ3n) is 9.95. The first-order valence-electron chi connectivity index (χ1n) is 17.4. The zero-order valence-corrected chi connectivity index (χ0v) is 29.2. The summed E-state index contributed by atoms with van der Waals surface area (Å²) in [4.78, 5) is 45.9. The summed E-state index contributed by atoms with van der Waals surface area (Å²) in [6.45, 7) is 8.38. The van der Waals surface area contributed by atoms with E-state index in [9.17, 15) is 14.0 Å². The Kier molecular flexibility index (Phi) is 9.47. The zero-order chi connectivity index (χ0) is 35.8. The average Bonchev–Trinajstić information content (AvgIpc) is 3.46. The number of anilines is 3. The number of fused-ring (bicyclic) bond motifs is 1. The normalized spacial score (nSPS) is 17.1. The van der Waals surface area contributed by atoms with Gasteiger partial charge in [-0.1, -0.05) is 24.3 Å². The molecule has 11 nitrogen and oxygen atoms in total. The Hall–Kier alpha value is -5.30. The van der Waals surface area contributed by atoms with Crippen LogP contribution in [0.3, 0.4) is 0 Å². The number of rotatable bonds is 9. The van der Waals surface area contributed by atoms with Gasteiger partial charge in [-0.15, -0.1) is 0 Å². The first-order valence-corrected chi connectivity index (χ1v) is 17.4. The molecule has 13 heteroatoms. The second-order valence-corrected chi connectivity index (χ2v) is 13.7. The molecule has 2 aromatic carbocycles. The third kappa shape index (κ3) is 7.16. The number of pyridine rings is 1. The van der Waals surface area contributed by atoms with Gasteiger partial charge in [-0.3, -0.25) is 19.8 Å². The van der Waals surface area contributed by atoms with Gasteiger partial charge in [0.25, 0.3) is 0 Å². The standard InChI is InChI=1S/C38H41F2N9O2/c1-22(2)49-23(3)43-36-30(39)17-26(18-32(36)49)35-31(40)20-42-38(46-35)44-33-11-9-28(19-41-33)48-15-13-27(14-16-48)47(4)21-24-5-7-25(8-6-24)29-10-12-34(50)45-37(29)51/h5-9,11,17-20,22,27,29H,10,12-16,21H2,1-4H3,(H,45,50,51)(H,41,42,44,46). The molecule has 0 aliphatic carbocycles. The van der Waals surface area contributed by atoms with E-state index >= 15 is 4.39 Å². The molecule has 0 radical (unpaired) electrons. The van der Waals surface area contributed by atoms with Gasteiger partial charge in [0.15, 0.2) is 11.6 Å². The van der Waals surface area contributed by atoms with Gasteiger partial charge >= 0.3 is 0 Å². The predicted molar refractivity (Wildman–Crippen MR) is 192 cm³/mol. The lowest BCUT2D eigenvalue weighted by molar-refractivity contribution is -0.134. The van der Waals surface area contributed by atoms with Gasteiger partial charge in [0, 0.05) is 43.7 Å². The summed E-state index contributed by atoms with van der Waals surface area (Å²) in [5, 5.41) is 5.50. The van der Waals surface area contributed by atoms with Crippen molar-refractivity contribution in [1.82, 2.24) is 34.7 Å². The van der Waals surface area contributed by atoms with Crippen molar-refractivity contribution in [3.05, 3.63) is 89.5 Å². The van der Waals surface area contributed by atoms with Gasteiger partial charge in [-0.25, -0.2) is 28.7 Å². The summed E-state index contributed by atoms with van der Waals surface area (Å²) < 4.78 is 32.0. The minimum absolute atomic E-state index is 0.0174. The van der Waals surface area contributed by atoms with Crippen molar-refractivity contribution in [2.24, 2.45) is 0 Å². The molecule has 5 aromatic rings. The first kappa shape index (κ1) is 34.2. The monoisotopic (exact) mass is 693 g/mol. The van der Waals surface area contributed by atoms with Gasteiger partial charge in [0.05, 0.1) is 29.5 Å². The van der Waals surface area contributed by atoms with E-state index in [-0.39, 0.29) is 40.9 Å². The van der Waals surface area contributed by atoms with Crippen LogP contribution in [0.4, 0.5) is 26.2 Å². The highest BCUT2D eigenvalue weighted by atomic mass is 19.1. The fourth-order valence-corrected chi connectivity index (χ4v) is 7.30. The molecule has 0 saturated carbocycles. The van der Waals surface area contributed by atoms with Crippen molar-refractivity contribution in [3.63, 3.8) is 0 Å². The second kappa shape index (κ2) is 14.1. The third-order valence-corrected chi connectivity index (χ3v) is 9.95. The van der Waals surface area contributed by atoms with E-state index < -0.39 is 11.6 Å². The largest absolute Gasteiger partial charge is 0.370 e. The molecule has 2 fully saturated rings. The summed E-state index contributed by atoms with van der Waals surface area (Å²) in [6.07, 6.45) is 5.80. The Morgan fingerprint density at radius 1 is 0.961 bits per heavy atom. The van der Waals surface area contributed by atoms with Crippen molar-refractivity contribution in [3.8, 4) is 11.3 Å². The SMILES string of the molecule is Cc1nc2c(F)cc(-c3nc(Nc4ccc(N5CCC(N(C)Cc6ccc(C7CCC(=O)NC7=O)cc6)CC5)cn4)ncc3F)cc2n1C(C)C. The predicted octanol–water partition coefficient (Wildman–Crippen LogP) is 6.42. The lowest BCUT2D eigenvalue weighted by atomic mass is 9.90. The van der Waals surface area contributed by atoms with E-state index in [0.29, 0.717) is 41.6 Å². The Balaban J connectivity index is 0.953. The van der Waals surface area contributed by atoms with Crippen molar-refractivity contribution in [1.29, 1.82) is 0 Å². The number of hydrogen-bond donors (Lipinski definition) is 2. The van der Waals surface area contributed by atoms with Crippen LogP contribution in [0, 0.1) is 18.6 Å². The Morgan fingerprint density at radius 3 is 2.41 bits per heavy atom. The number of aryl methyl sites for hydroxylation is 1. The molecule has 2 saturated heterocycles. The minimum atomic E-state index is -0.660. The number of hydrogen-bond acceptors (Lipinski definition) is 9. The molecule has 2 aliphatic heterocycles. The molecule has 3 aromatic heterocycles. The van der Waals surface area contributed by atoms with E-state index in [1.54, 1.807) is 12.3 Å². The molecule has 0 bridgehead atoms. The number of carbonyl (C=O) groups excluding carboxylic acids is 2. The number of carbonyl (C=O) groups is 2. The number of amides is 2. The number of benzene rings is 2. The Bertz CT molecular complexity index is 2070. The fourth-order valence-electron chi connectivity index (χ4n) is 7.30. The maximum atomic E-state index is 15.1. The molecule has 51 heavy (non-hydrogen) atoms. The molecule has 2 amide bonds. The van der Waals surface area contributed by atoms with E-state index in [0.717, 1.165) is 49.9 Å². The molecule has 2 aliphatic rings. The number of aromatic nitrogens is 5. The summed E-state index contributed by atoms with van der Waals surface area (Å²) in [5.74, 6) is -0.550. The van der Waals surface area contributed by atoms with Gasteiger partial charge in [-0.2, -0.15) is 0 Å². The van der Waals surface area contributed by atoms with Crippen LogP contribution in [-0.2, 0) is 16.1 Å². The van der Waals surface area contributed by atoms with Crippen LogP contribution in [0.1, 0.15) is 68.4 Å². The maximum Gasteiger partial charge on any atom is 0.234 e. The van der Waals surface area contributed by atoms with E-state index in [1.807, 2.05) is 49.6 Å². The van der Waals surface area contributed by atoms with E-state index in [1.165, 1.54) is 11.6 Å². The van der Waals surface area contributed by atoms with Gasteiger partial charge in [0.1, 0.15) is 22.9 Å². The highest BCUT2D eigenvalue weighted by Gasteiger charge is 2.28. The highest BCUT2D eigenvalue weighted by Crippen LogP contribution is 2.31. The van der Waals surface area contributed by atoms with Gasteiger partial charge < -0.3 is 14.8 Å². The Labute approximate surface area is 295 Å². The van der Waals surface area contributed by atoms with Crippen molar-refractivity contribution in [2.75, 3.05) is 30.4 Å². The smallest absolute Gasteiger partial charge is 0.234 e. The van der Waals surface area contributed by atoms with Crippen LogP contribution in [0.15, 0.2) is 60.9 Å². The molecule has 264 valence electrons. The molecule has 1 unspecified atom stereocenters. The molecule has 7 rings (SSSR count). The Morgan fingerprint density at radius 2 is 1.73 bits per heavy atom. The number of nitrogens with one attached hydrogen (secondary N) is 2. The molecular formula is C38H41F2N9O2. The van der Waals surface area contributed by atoms with Crippen LogP contribution in [-0.4, -0.2) is 67.4 Å². The van der Waals surface area contributed by atoms with Crippen LogP contribution in [0.2, 0.25) is 0 Å². The van der Waals surface area contributed by atoms with Crippen molar-refractivity contribution in [2.45, 2.75) is 71.0 Å². The molecule has 0 spiro atoms. The number of imidazole rings is 1. The average molecular weight is 694 g/mol. The highest BCUT2D eigenvalue weighted by molar-refractivity contribution is 6.00. The van der Waals surface area contributed by atoms with Crippen LogP contribution in [0.5, 0.6) is 0 Å².